The summed E-state index contributed by atoms with van der Waals surface area (Å²) in [6, 6.07) is 21.0. The highest BCUT2D eigenvalue weighted by atomic mass is 16.7. The molecule has 2 amide bonds. The van der Waals surface area contributed by atoms with Crippen molar-refractivity contribution in [2.75, 3.05) is 73.6 Å². The first-order chi connectivity index (χ1) is 24.4. The van der Waals surface area contributed by atoms with Crippen LogP contribution in [0.2, 0.25) is 0 Å². The topological polar surface area (TPSA) is 115 Å². The Morgan fingerprint density at radius 1 is 0.920 bits per heavy atom. The molecule has 50 heavy (non-hydrogen) atoms. The van der Waals surface area contributed by atoms with Crippen LogP contribution in [-0.2, 0) is 14.4 Å². The summed E-state index contributed by atoms with van der Waals surface area (Å²) in [6.07, 6.45) is 5.59. The van der Waals surface area contributed by atoms with Crippen molar-refractivity contribution in [2.24, 2.45) is 0 Å². The highest BCUT2D eigenvalue weighted by Crippen LogP contribution is 2.41. The van der Waals surface area contributed by atoms with Gasteiger partial charge in [-0.05, 0) is 47.4 Å². The van der Waals surface area contributed by atoms with E-state index in [4.69, 9.17) is 9.57 Å². The Balaban J connectivity index is 1.09. The number of methoxy groups -OCH3 is 1. The lowest BCUT2D eigenvalue weighted by Gasteiger charge is -2.43. The van der Waals surface area contributed by atoms with E-state index in [-0.39, 0.29) is 17.9 Å². The summed E-state index contributed by atoms with van der Waals surface area (Å²) < 4.78 is 5.88. The number of rotatable bonds is 9. The fourth-order valence-electron chi connectivity index (χ4n) is 7.34. The van der Waals surface area contributed by atoms with Gasteiger partial charge in [-0.25, -0.2) is 15.0 Å². The van der Waals surface area contributed by atoms with Crippen LogP contribution < -0.4 is 25.3 Å². The maximum absolute atomic E-state index is 12.6. The molecule has 1 aromatic heterocycles. The number of hydroxylamine groups is 1. The van der Waals surface area contributed by atoms with Gasteiger partial charge in [-0.2, -0.15) is 0 Å². The number of aromatic nitrogens is 2. The number of carbonyl (C=O) groups is 2. The highest BCUT2D eigenvalue weighted by Gasteiger charge is 2.31. The van der Waals surface area contributed by atoms with Gasteiger partial charge in [-0.15, -0.1) is 0 Å². The van der Waals surface area contributed by atoms with Gasteiger partial charge in [0, 0.05) is 70.8 Å². The molecule has 1 atom stereocenters. The number of nitrogens with one attached hydrogen (secondary N) is 2. The van der Waals surface area contributed by atoms with Crippen LogP contribution in [0.15, 0.2) is 79.6 Å². The monoisotopic (exact) mass is 676 g/mol. The van der Waals surface area contributed by atoms with E-state index in [1.807, 2.05) is 34.2 Å². The first-order valence-electron chi connectivity index (χ1n) is 17.3. The van der Waals surface area contributed by atoms with Crippen LogP contribution in [0, 0.1) is 0 Å². The quantitative estimate of drug-likeness (QED) is 0.220. The normalized spacial score (nSPS) is 18.7. The Labute approximate surface area is 292 Å². The number of fused-ring (bicyclic) bond motifs is 1. The van der Waals surface area contributed by atoms with E-state index in [1.165, 1.54) is 23.2 Å². The predicted molar refractivity (Wildman–Crippen MR) is 196 cm³/mol. The van der Waals surface area contributed by atoms with Gasteiger partial charge >= 0.3 is 0 Å². The molecule has 12 heteroatoms. The number of carbonyl (C=O) groups excluding carboxylic acids is 2. The summed E-state index contributed by atoms with van der Waals surface area (Å²) >= 11 is 0. The fraction of sp³-hybridized carbons (Fsp3) is 0.368. The van der Waals surface area contributed by atoms with Gasteiger partial charge in [0.1, 0.15) is 17.9 Å². The third kappa shape index (κ3) is 7.08. The number of hydrogen-bond acceptors (Lipinski definition) is 10. The number of hydrogen-bond donors (Lipinski definition) is 2. The van der Waals surface area contributed by atoms with Gasteiger partial charge in [-0.3, -0.25) is 19.3 Å². The van der Waals surface area contributed by atoms with E-state index in [9.17, 15) is 9.59 Å². The molecular weight excluding hydrogens is 632 g/mol. The molecule has 3 aliphatic heterocycles. The average molecular weight is 677 g/mol. The van der Waals surface area contributed by atoms with Crippen molar-refractivity contribution in [2.45, 2.75) is 38.3 Å². The van der Waals surface area contributed by atoms with Crippen molar-refractivity contribution in [3.8, 4) is 5.75 Å². The minimum absolute atomic E-state index is 0.00573. The molecule has 3 fully saturated rings. The van der Waals surface area contributed by atoms with E-state index < -0.39 is 0 Å². The number of nitrogens with zero attached hydrogens (tertiary/aromatic N) is 6. The molecule has 3 saturated heterocycles. The number of piperazine rings is 1. The average Bonchev–Trinajstić information content (AvgIpc) is 3.65. The van der Waals surface area contributed by atoms with Gasteiger partial charge in [-0.1, -0.05) is 43.0 Å². The summed E-state index contributed by atoms with van der Waals surface area (Å²) in [7, 11) is 1.64. The lowest BCUT2D eigenvalue weighted by Crippen LogP contribution is -2.54. The third-order valence-corrected chi connectivity index (χ3v) is 10.0. The molecule has 12 nitrogen and oxygen atoms in total. The summed E-state index contributed by atoms with van der Waals surface area (Å²) in [5.41, 5.74) is 3.34. The fourth-order valence-corrected chi connectivity index (χ4v) is 7.34. The largest absolute Gasteiger partial charge is 0.494 e. The first-order valence-corrected chi connectivity index (χ1v) is 17.3. The number of ether oxygens (including phenoxy) is 1. The number of anilines is 5. The Hall–Kier alpha value is -5.20. The van der Waals surface area contributed by atoms with Crippen molar-refractivity contribution in [3.05, 3.63) is 85.2 Å². The maximum atomic E-state index is 12.6. The number of piperidine rings is 1. The lowest BCUT2D eigenvalue weighted by atomic mass is 10.0. The maximum Gasteiger partial charge on any atom is 0.247 e. The smallest absolute Gasteiger partial charge is 0.247 e. The summed E-state index contributed by atoms with van der Waals surface area (Å²) in [6.45, 7) is 10.9. The zero-order valence-corrected chi connectivity index (χ0v) is 28.7. The zero-order valence-electron chi connectivity index (χ0n) is 28.7. The first kappa shape index (κ1) is 33.3. The summed E-state index contributed by atoms with van der Waals surface area (Å²) in [5, 5.41) is 10.7. The second-order valence-electron chi connectivity index (χ2n) is 13.0. The van der Waals surface area contributed by atoms with Gasteiger partial charge in [0.15, 0.2) is 5.82 Å². The van der Waals surface area contributed by atoms with Gasteiger partial charge < -0.3 is 25.2 Å². The van der Waals surface area contributed by atoms with E-state index >= 15 is 0 Å². The van der Waals surface area contributed by atoms with E-state index in [0.29, 0.717) is 41.4 Å². The Morgan fingerprint density at radius 2 is 1.70 bits per heavy atom. The van der Waals surface area contributed by atoms with Gasteiger partial charge in [0.25, 0.3) is 0 Å². The van der Waals surface area contributed by atoms with Crippen LogP contribution in [-0.4, -0.2) is 90.6 Å². The molecule has 4 heterocycles. The zero-order chi connectivity index (χ0) is 34.6. The number of amides is 2. The van der Waals surface area contributed by atoms with Gasteiger partial charge in [0.2, 0.25) is 11.8 Å². The molecule has 0 saturated carbocycles. The molecule has 0 spiro atoms. The molecule has 0 aliphatic carbocycles. The highest BCUT2D eigenvalue weighted by molar-refractivity contribution is 6.02. The standard InChI is InChI=1S/C38H44N8O4/c1-4-38(48)42-31-22-32(35(49-3)23-34(31)45-14-11-30(12-15-45)44-18-16-43(17-19-44)26(2)47)41-36-24-37(40-25-39-36)46-33(13-20-50-46)29-10-9-27-7-5-6-8-28(27)21-29/h4-10,21-25,30,33H,1,11-20H2,2-3H3,(H,42,48)(H,39,40,41). The molecule has 260 valence electrons. The third-order valence-electron chi connectivity index (χ3n) is 10.0. The number of benzene rings is 3. The Morgan fingerprint density at radius 3 is 2.44 bits per heavy atom. The van der Waals surface area contributed by atoms with E-state index in [1.54, 1.807) is 14.0 Å². The van der Waals surface area contributed by atoms with E-state index in [0.717, 1.165) is 69.8 Å². The molecule has 7 rings (SSSR count). The van der Waals surface area contributed by atoms with Crippen molar-refractivity contribution in [1.82, 2.24) is 19.8 Å². The lowest BCUT2D eigenvalue weighted by molar-refractivity contribution is -0.131. The van der Waals surface area contributed by atoms with Crippen LogP contribution in [0.4, 0.5) is 28.7 Å². The summed E-state index contributed by atoms with van der Waals surface area (Å²) in [5.74, 6) is 1.66. The molecular formula is C38H44N8O4. The molecule has 0 radical (unpaired) electrons. The molecule has 2 N–H and O–H groups in total. The minimum Gasteiger partial charge on any atom is -0.494 e. The predicted octanol–water partition coefficient (Wildman–Crippen LogP) is 5.52. The van der Waals surface area contributed by atoms with Crippen molar-refractivity contribution in [3.63, 3.8) is 0 Å². The second-order valence-corrected chi connectivity index (χ2v) is 13.0. The van der Waals surface area contributed by atoms with Crippen molar-refractivity contribution >= 4 is 51.3 Å². The second kappa shape index (κ2) is 14.7. The summed E-state index contributed by atoms with van der Waals surface area (Å²) in [4.78, 5) is 46.3. The molecule has 0 bridgehead atoms. The molecule has 4 aromatic rings. The molecule has 3 aromatic carbocycles. The van der Waals surface area contributed by atoms with E-state index in [2.05, 4.69) is 73.4 Å². The van der Waals surface area contributed by atoms with Crippen LogP contribution in [0.5, 0.6) is 5.75 Å². The van der Waals surface area contributed by atoms with Crippen LogP contribution >= 0.6 is 0 Å². The minimum atomic E-state index is -0.296. The Bertz CT molecular complexity index is 1870. The van der Waals surface area contributed by atoms with Crippen LogP contribution in [0.25, 0.3) is 10.8 Å². The van der Waals surface area contributed by atoms with Crippen LogP contribution in [0.1, 0.15) is 37.8 Å². The SMILES string of the molecule is C=CC(=O)Nc1cc(Nc2cc(N3OCCC3c3ccc4ccccc4c3)ncn2)c(OC)cc1N1CCC(N2CCN(C(C)=O)CC2)CC1. The van der Waals surface area contributed by atoms with Crippen molar-refractivity contribution in [1.29, 1.82) is 0 Å². The molecule has 3 aliphatic rings. The Kier molecular flexibility index (Phi) is 9.81. The van der Waals surface area contributed by atoms with Gasteiger partial charge in [0.05, 0.1) is 36.8 Å². The van der Waals surface area contributed by atoms with Crippen LogP contribution in [0.3, 0.4) is 0 Å². The molecule has 1 unspecified atom stereocenters. The van der Waals surface area contributed by atoms with Crippen molar-refractivity contribution < 1.29 is 19.2 Å².